The van der Waals surface area contributed by atoms with Crippen LogP contribution in [0.1, 0.15) is 5.56 Å². The first kappa shape index (κ1) is 12.3. The molecule has 1 aromatic carbocycles. The molecule has 16 heavy (non-hydrogen) atoms. The second-order valence-electron chi connectivity index (χ2n) is 3.66. The fourth-order valence-electron chi connectivity index (χ4n) is 1.24. The number of aromatic hydroxyl groups is 3. The average Bonchev–Trinajstić information content (AvgIpc) is 2.25. The first-order valence-electron chi connectivity index (χ1n) is 4.52. The minimum Gasteiger partial charge on any atom is -0.508 e. The van der Waals surface area contributed by atoms with Gasteiger partial charge in [-0.25, -0.2) is 0 Å². The lowest BCUT2D eigenvalue weighted by atomic mass is 9.93. The Morgan fingerprint density at radius 2 is 1.75 bits per heavy atom. The molecule has 0 aliphatic rings. The van der Waals surface area contributed by atoms with Crippen LogP contribution >= 0.6 is 0 Å². The monoisotopic (exact) mass is 227 g/mol. The molecule has 0 aromatic heterocycles. The van der Waals surface area contributed by atoms with Crippen molar-refractivity contribution in [2.45, 2.75) is 12.0 Å². The number of benzene rings is 1. The number of phenolic OH excluding ortho intramolecular Hbond substituents is 3. The molecule has 1 aromatic rings. The van der Waals surface area contributed by atoms with Crippen LogP contribution in [0.25, 0.3) is 0 Å². The Bertz CT molecular complexity index is 406. The summed E-state index contributed by atoms with van der Waals surface area (Å²) in [7, 11) is 0. The van der Waals surface area contributed by atoms with E-state index in [1.807, 2.05) is 0 Å². The highest BCUT2D eigenvalue weighted by molar-refractivity contribution is 5.65. The Morgan fingerprint density at radius 1 is 1.19 bits per heavy atom. The number of aliphatic hydroxyl groups excluding tert-OH is 1. The smallest absolute Gasteiger partial charge is 0.161 e. The van der Waals surface area contributed by atoms with E-state index in [1.54, 1.807) is 0 Å². The maximum absolute atomic E-state index is 10.6. The lowest BCUT2D eigenvalue weighted by Crippen LogP contribution is -2.47. The Balaban J connectivity index is 3.06. The molecule has 6 N–H and O–H groups in total. The number of nitrogens with two attached hydrogens (primary N) is 1. The third-order valence-corrected chi connectivity index (χ3v) is 2.22. The maximum Gasteiger partial charge on any atom is 0.161 e. The van der Waals surface area contributed by atoms with Gasteiger partial charge in [-0.05, 0) is 6.07 Å². The van der Waals surface area contributed by atoms with Crippen molar-refractivity contribution in [1.82, 2.24) is 0 Å². The molecule has 0 aliphatic carbocycles. The lowest BCUT2D eigenvalue weighted by Gasteiger charge is -2.20. The zero-order valence-electron chi connectivity index (χ0n) is 8.42. The molecule has 0 fully saturated rings. The Labute approximate surface area is 91.6 Å². The minimum atomic E-state index is -1.51. The summed E-state index contributed by atoms with van der Waals surface area (Å²) in [5.41, 5.74) is 4.17. The summed E-state index contributed by atoms with van der Waals surface area (Å²) in [6.45, 7) is -0.586. The van der Waals surface area contributed by atoms with Crippen molar-refractivity contribution >= 4 is 6.29 Å². The van der Waals surface area contributed by atoms with Gasteiger partial charge in [-0.3, -0.25) is 0 Å². The van der Waals surface area contributed by atoms with Crippen molar-refractivity contribution in [3.8, 4) is 17.2 Å². The Morgan fingerprint density at radius 3 is 2.25 bits per heavy atom. The van der Waals surface area contributed by atoms with Crippen molar-refractivity contribution in [2.24, 2.45) is 5.73 Å². The molecule has 1 rings (SSSR count). The van der Waals surface area contributed by atoms with Gasteiger partial charge in [-0.1, -0.05) is 0 Å². The van der Waals surface area contributed by atoms with Gasteiger partial charge in [-0.2, -0.15) is 0 Å². The predicted molar refractivity (Wildman–Crippen MR) is 55.2 cm³/mol. The van der Waals surface area contributed by atoms with Crippen LogP contribution in [-0.4, -0.2) is 38.9 Å². The fourth-order valence-corrected chi connectivity index (χ4v) is 1.24. The van der Waals surface area contributed by atoms with Crippen molar-refractivity contribution in [1.29, 1.82) is 0 Å². The highest BCUT2D eigenvalue weighted by atomic mass is 16.3. The topological polar surface area (TPSA) is 124 Å². The molecule has 0 heterocycles. The number of phenols is 3. The van der Waals surface area contributed by atoms with Gasteiger partial charge in [-0.15, -0.1) is 0 Å². The number of carbonyl (C=O) groups excluding carboxylic acids is 1. The fraction of sp³-hybridized carbons (Fsp3) is 0.300. The third kappa shape index (κ3) is 2.41. The van der Waals surface area contributed by atoms with Gasteiger partial charge in [0.25, 0.3) is 0 Å². The summed E-state index contributed by atoms with van der Waals surface area (Å²) in [6.07, 6.45) is 0.225. The molecule has 6 heteroatoms. The molecule has 0 bridgehead atoms. The van der Waals surface area contributed by atoms with E-state index >= 15 is 0 Å². The van der Waals surface area contributed by atoms with Crippen molar-refractivity contribution in [3.63, 3.8) is 0 Å². The number of carbonyl (C=O) groups is 1. The van der Waals surface area contributed by atoms with E-state index in [0.717, 1.165) is 12.1 Å². The van der Waals surface area contributed by atoms with Gasteiger partial charge in [0, 0.05) is 18.1 Å². The van der Waals surface area contributed by atoms with Gasteiger partial charge < -0.3 is 31.0 Å². The van der Waals surface area contributed by atoms with Crippen LogP contribution < -0.4 is 5.73 Å². The highest BCUT2D eigenvalue weighted by Gasteiger charge is 2.25. The summed E-state index contributed by atoms with van der Waals surface area (Å²) >= 11 is 0. The lowest BCUT2D eigenvalue weighted by molar-refractivity contribution is -0.113. The summed E-state index contributed by atoms with van der Waals surface area (Å²) in [4.78, 5) is 10.6. The van der Waals surface area contributed by atoms with Gasteiger partial charge >= 0.3 is 0 Å². The van der Waals surface area contributed by atoms with E-state index < -0.39 is 23.6 Å². The van der Waals surface area contributed by atoms with Gasteiger partial charge in [0.2, 0.25) is 0 Å². The van der Waals surface area contributed by atoms with Crippen molar-refractivity contribution < 1.29 is 25.2 Å². The quantitative estimate of drug-likeness (QED) is 0.261. The van der Waals surface area contributed by atoms with E-state index in [-0.39, 0.29) is 17.7 Å². The van der Waals surface area contributed by atoms with Crippen molar-refractivity contribution in [2.75, 3.05) is 6.61 Å². The summed E-state index contributed by atoms with van der Waals surface area (Å²) in [5.74, 6) is -1.21. The van der Waals surface area contributed by atoms with Crippen LogP contribution in [0.4, 0.5) is 0 Å². The molecule has 0 spiro atoms. The van der Waals surface area contributed by atoms with Crippen molar-refractivity contribution in [3.05, 3.63) is 17.7 Å². The molecule has 1 unspecified atom stereocenters. The molecular formula is C10H13NO5. The molecular weight excluding hydrogens is 214 g/mol. The van der Waals surface area contributed by atoms with Gasteiger partial charge in [0.05, 0.1) is 12.1 Å². The van der Waals surface area contributed by atoms with Crippen LogP contribution in [0, 0.1) is 0 Å². The summed E-state index contributed by atoms with van der Waals surface area (Å²) < 4.78 is 0. The van der Waals surface area contributed by atoms with E-state index in [0.29, 0.717) is 6.29 Å². The van der Waals surface area contributed by atoms with Crippen LogP contribution in [0.15, 0.2) is 12.1 Å². The number of hydrogen-bond acceptors (Lipinski definition) is 6. The first-order valence-corrected chi connectivity index (χ1v) is 4.52. The normalized spacial score (nSPS) is 14.4. The maximum atomic E-state index is 10.6. The molecule has 0 saturated carbocycles. The van der Waals surface area contributed by atoms with Crippen LogP contribution in [0.5, 0.6) is 17.2 Å². The van der Waals surface area contributed by atoms with Crippen LogP contribution in [-0.2, 0) is 11.2 Å². The van der Waals surface area contributed by atoms with E-state index in [2.05, 4.69) is 0 Å². The van der Waals surface area contributed by atoms with Crippen LogP contribution in [0.3, 0.4) is 0 Å². The zero-order chi connectivity index (χ0) is 12.3. The molecule has 0 radical (unpaired) electrons. The third-order valence-electron chi connectivity index (χ3n) is 2.22. The largest absolute Gasteiger partial charge is 0.508 e. The molecule has 6 nitrogen and oxygen atoms in total. The molecule has 1 atom stereocenters. The number of hydrogen-bond donors (Lipinski definition) is 5. The number of aliphatic hydroxyl groups is 1. The van der Waals surface area contributed by atoms with E-state index in [1.165, 1.54) is 0 Å². The highest BCUT2D eigenvalue weighted by Crippen LogP contribution is 2.33. The summed E-state index contributed by atoms with van der Waals surface area (Å²) in [5, 5.41) is 36.6. The second kappa shape index (κ2) is 4.38. The molecule has 0 saturated heterocycles. The van der Waals surface area contributed by atoms with E-state index in [4.69, 9.17) is 15.9 Å². The predicted octanol–water partition coefficient (Wildman–Crippen LogP) is -0.765. The first-order chi connectivity index (χ1) is 7.41. The minimum absolute atomic E-state index is 0.146. The average molecular weight is 227 g/mol. The van der Waals surface area contributed by atoms with Gasteiger partial charge in [0.15, 0.2) is 11.5 Å². The Hall–Kier alpha value is -1.79. The summed E-state index contributed by atoms with van der Waals surface area (Å²) in [6, 6.07) is 2.03. The number of aldehydes is 1. The molecule has 0 aliphatic heterocycles. The Kier molecular flexibility index (Phi) is 3.36. The standard InChI is InChI=1S/C10H13NO5/c11-10(4-12,5-13)3-6-1-8(15)9(16)2-7(6)14/h1-2,4,13-16H,3,5,11H2. The van der Waals surface area contributed by atoms with Crippen LogP contribution in [0.2, 0.25) is 0 Å². The van der Waals surface area contributed by atoms with Gasteiger partial charge in [0.1, 0.15) is 12.0 Å². The number of rotatable bonds is 4. The zero-order valence-corrected chi connectivity index (χ0v) is 8.42. The SMILES string of the molecule is NC(C=O)(CO)Cc1cc(O)c(O)cc1O. The molecule has 0 amide bonds. The molecule has 88 valence electrons. The van der Waals surface area contributed by atoms with E-state index in [9.17, 15) is 15.0 Å². The second-order valence-corrected chi connectivity index (χ2v) is 3.66.